The molecule has 2 rings (SSSR count). The molecule has 50 valence electrons. The van der Waals surface area contributed by atoms with Crippen LogP contribution in [0.2, 0.25) is 0 Å². The van der Waals surface area contributed by atoms with E-state index < -0.39 is 0 Å². The van der Waals surface area contributed by atoms with Crippen molar-refractivity contribution in [2.75, 3.05) is 0 Å². The lowest BCUT2D eigenvalue weighted by molar-refractivity contribution is 0.809. The van der Waals surface area contributed by atoms with Crippen LogP contribution in [0.5, 0.6) is 0 Å². The fraction of sp³-hybridized carbons (Fsp3) is 0. The molecule has 0 aliphatic carbocycles. The monoisotopic (exact) mass is 154 g/mol. The number of rotatable bonds is 0. The summed E-state index contributed by atoms with van der Waals surface area (Å²) in [6.07, 6.45) is 1.47. The van der Waals surface area contributed by atoms with Gasteiger partial charge in [0.2, 0.25) is 4.77 Å². The zero-order valence-corrected chi connectivity index (χ0v) is 5.54. The molecule has 0 aliphatic heterocycles. The highest BCUT2D eigenvalue weighted by Gasteiger charge is 1.92. The maximum absolute atomic E-state index is 4.70. The molecule has 0 radical (unpaired) electrons. The van der Waals surface area contributed by atoms with Gasteiger partial charge in [0.15, 0.2) is 0 Å². The summed E-state index contributed by atoms with van der Waals surface area (Å²) in [4.78, 5) is 0. The van der Waals surface area contributed by atoms with Crippen LogP contribution in [0.15, 0.2) is 6.33 Å². The number of nitrogens with zero attached hydrogens (tertiary/aromatic N) is 5. The summed E-state index contributed by atoms with van der Waals surface area (Å²) >= 11 is 4.70. The normalized spacial score (nSPS) is 10.4. The second-order valence-electron chi connectivity index (χ2n) is 1.62. The summed E-state index contributed by atoms with van der Waals surface area (Å²) < 4.78 is 1.81. The molecule has 1 N–H and O–H groups in total. The molecule has 0 fully saturated rings. The molecular weight excluding hydrogens is 152 g/mol. The van der Waals surface area contributed by atoms with Crippen LogP contribution < -0.4 is 0 Å². The Bertz CT molecular complexity index is 400. The van der Waals surface area contributed by atoms with Gasteiger partial charge in [-0.3, -0.25) is 5.10 Å². The molecular formula is C3H2N6S. The van der Waals surface area contributed by atoms with Crippen molar-refractivity contribution in [3.05, 3.63) is 11.1 Å². The molecule has 2 aromatic rings. The molecule has 0 saturated heterocycles. The molecule has 0 amide bonds. The maximum atomic E-state index is 4.70. The SMILES string of the molecule is S=c1nnc2nncn2[nH]1. The van der Waals surface area contributed by atoms with Gasteiger partial charge in [-0.15, -0.1) is 20.4 Å². The van der Waals surface area contributed by atoms with E-state index in [1.54, 1.807) is 0 Å². The summed E-state index contributed by atoms with van der Waals surface area (Å²) in [5.74, 6) is 0.411. The molecule has 0 atom stereocenters. The van der Waals surface area contributed by atoms with E-state index in [0.29, 0.717) is 10.5 Å². The first-order valence-electron chi connectivity index (χ1n) is 2.49. The molecule has 2 aromatic heterocycles. The van der Waals surface area contributed by atoms with Crippen molar-refractivity contribution in [3.8, 4) is 0 Å². The smallest absolute Gasteiger partial charge is 0.263 e. The van der Waals surface area contributed by atoms with Crippen LogP contribution in [0.4, 0.5) is 0 Å². The highest BCUT2D eigenvalue weighted by atomic mass is 32.1. The minimum absolute atomic E-state index is 0.312. The maximum Gasteiger partial charge on any atom is 0.288 e. The Kier molecular flexibility index (Phi) is 0.978. The lowest BCUT2D eigenvalue weighted by Crippen LogP contribution is -1.96. The largest absolute Gasteiger partial charge is 0.288 e. The number of hydrogen-bond donors (Lipinski definition) is 1. The van der Waals surface area contributed by atoms with Gasteiger partial charge in [0.1, 0.15) is 6.33 Å². The van der Waals surface area contributed by atoms with Gasteiger partial charge < -0.3 is 0 Å². The molecule has 7 heteroatoms. The van der Waals surface area contributed by atoms with Crippen molar-refractivity contribution >= 4 is 18.0 Å². The number of nitrogens with one attached hydrogen (secondary N) is 1. The second kappa shape index (κ2) is 1.81. The fourth-order valence-corrected chi connectivity index (χ4v) is 0.731. The van der Waals surface area contributed by atoms with Crippen LogP contribution in [0.3, 0.4) is 0 Å². The van der Waals surface area contributed by atoms with Gasteiger partial charge in [-0.1, -0.05) is 0 Å². The van der Waals surface area contributed by atoms with Crippen molar-refractivity contribution in [3.63, 3.8) is 0 Å². The Morgan fingerprint density at radius 2 is 2.30 bits per heavy atom. The van der Waals surface area contributed by atoms with Gasteiger partial charge in [-0.2, -0.15) is 0 Å². The molecule has 0 spiro atoms. The summed E-state index contributed by atoms with van der Waals surface area (Å²) in [7, 11) is 0. The van der Waals surface area contributed by atoms with Crippen LogP contribution in [-0.4, -0.2) is 30.0 Å². The third kappa shape index (κ3) is 0.676. The highest BCUT2D eigenvalue weighted by molar-refractivity contribution is 7.71. The van der Waals surface area contributed by atoms with Crippen molar-refractivity contribution < 1.29 is 0 Å². The minimum atomic E-state index is 0.312. The quantitative estimate of drug-likeness (QED) is 0.521. The Morgan fingerprint density at radius 3 is 3.20 bits per heavy atom. The number of hydrogen-bond acceptors (Lipinski definition) is 5. The van der Waals surface area contributed by atoms with E-state index in [9.17, 15) is 0 Å². The lowest BCUT2D eigenvalue weighted by Gasteiger charge is -1.85. The third-order valence-corrected chi connectivity index (χ3v) is 1.15. The zero-order chi connectivity index (χ0) is 6.97. The third-order valence-electron chi connectivity index (χ3n) is 0.976. The van der Waals surface area contributed by atoms with E-state index in [2.05, 4.69) is 25.5 Å². The minimum Gasteiger partial charge on any atom is -0.263 e. The fourth-order valence-electron chi connectivity index (χ4n) is 0.592. The molecule has 0 aliphatic rings. The Balaban J connectivity index is 2.99. The van der Waals surface area contributed by atoms with Crippen molar-refractivity contribution in [2.45, 2.75) is 0 Å². The summed E-state index contributed by atoms with van der Waals surface area (Å²) in [5, 5.41) is 17.1. The van der Waals surface area contributed by atoms with Crippen LogP contribution in [0, 0.1) is 4.77 Å². The van der Waals surface area contributed by atoms with Crippen molar-refractivity contribution in [1.29, 1.82) is 0 Å². The van der Waals surface area contributed by atoms with Gasteiger partial charge in [0.05, 0.1) is 0 Å². The Labute approximate surface area is 59.9 Å². The first kappa shape index (κ1) is 5.42. The molecule has 10 heavy (non-hydrogen) atoms. The molecule has 6 nitrogen and oxygen atoms in total. The molecule has 0 bridgehead atoms. The average molecular weight is 154 g/mol. The van der Waals surface area contributed by atoms with Gasteiger partial charge in [0, 0.05) is 0 Å². The first-order chi connectivity index (χ1) is 4.86. The Morgan fingerprint density at radius 1 is 1.40 bits per heavy atom. The van der Waals surface area contributed by atoms with Crippen LogP contribution in [0.1, 0.15) is 0 Å². The summed E-state index contributed by atoms with van der Waals surface area (Å²) in [5.41, 5.74) is 0. The van der Waals surface area contributed by atoms with E-state index in [4.69, 9.17) is 12.2 Å². The Hall–Kier alpha value is -1.37. The van der Waals surface area contributed by atoms with E-state index in [0.717, 1.165) is 0 Å². The van der Waals surface area contributed by atoms with Gasteiger partial charge in [-0.05, 0) is 12.2 Å². The van der Waals surface area contributed by atoms with Crippen LogP contribution in [-0.2, 0) is 0 Å². The van der Waals surface area contributed by atoms with Gasteiger partial charge in [-0.25, -0.2) is 4.52 Å². The molecule has 0 aromatic carbocycles. The number of aromatic nitrogens is 6. The second-order valence-corrected chi connectivity index (χ2v) is 2.00. The summed E-state index contributed by atoms with van der Waals surface area (Å²) in [6.45, 7) is 0. The van der Waals surface area contributed by atoms with E-state index in [1.807, 2.05) is 0 Å². The molecule has 0 unspecified atom stereocenters. The average Bonchev–Trinajstić information content (AvgIpc) is 2.33. The number of fused-ring (bicyclic) bond motifs is 1. The highest BCUT2D eigenvalue weighted by Crippen LogP contribution is 1.84. The first-order valence-corrected chi connectivity index (χ1v) is 2.90. The predicted molar refractivity (Wildman–Crippen MR) is 33.8 cm³/mol. The number of H-pyrrole nitrogens is 1. The van der Waals surface area contributed by atoms with E-state index in [1.165, 1.54) is 10.8 Å². The van der Waals surface area contributed by atoms with Crippen LogP contribution >= 0.6 is 12.2 Å². The van der Waals surface area contributed by atoms with Crippen molar-refractivity contribution in [2.24, 2.45) is 0 Å². The van der Waals surface area contributed by atoms with Gasteiger partial charge >= 0.3 is 0 Å². The number of aromatic amines is 1. The topological polar surface area (TPSA) is 71.8 Å². The predicted octanol–water partition coefficient (Wildman–Crippen LogP) is -0.423. The standard InChI is InChI=1S/C3H2N6S/c10-3-7-6-2-5-4-1-9(2)8-3/h1H,(H,8,10). The summed E-state index contributed by atoms with van der Waals surface area (Å²) in [6, 6.07) is 0. The van der Waals surface area contributed by atoms with E-state index in [-0.39, 0.29) is 0 Å². The van der Waals surface area contributed by atoms with Crippen molar-refractivity contribution in [1.82, 2.24) is 30.0 Å². The zero-order valence-electron chi connectivity index (χ0n) is 4.72. The van der Waals surface area contributed by atoms with E-state index >= 15 is 0 Å². The molecule has 0 saturated carbocycles. The van der Waals surface area contributed by atoms with Gasteiger partial charge in [0.25, 0.3) is 5.78 Å². The lowest BCUT2D eigenvalue weighted by atomic mass is 11.1. The van der Waals surface area contributed by atoms with Crippen LogP contribution in [0.25, 0.3) is 5.78 Å². The molecule has 2 heterocycles.